The molecule has 0 spiro atoms. The normalized spacial score (nSPS) is 21.6. The van der Waals surface area contributed by atoms with Gasteiger partial charge in [0.15, 0.2) is 11.6 Å². The Morgan fingerprint density at radius 2 is 1.38 bits per heavy atom. The minimum atomic E-state index is -1.69. The van der Waals surface area contributed by atoms with Gasteiger partial charge in [-0.15, -0.1) is 0 Å². The van der Waals surface area contributed by atoms with E-state index in [-0.39, 0.29) is 34.8 Å². The van der Waals surface area contributed by atoms with Gasteiger partial charge < -0.3 is 20.4 Å². The molecule has 4 N–H and O–H groups in total. The lowest BCUT2D eigenvalue weighted by Gasteiger charge is -2.31. The van der Waals surface area contributed by atoms with Crippen molar-refractivity contribution in [3.8, 4) is 11.5 Å². The topological polar surface area (TPSA) is 115 Å². The number of carbonyl (C=O) groups is 2. The second-order valence-electron chi connectivity index (χ2n) is 6.83. The molecule has 0 aliphatic heterocycles. The van der Waals surface area contributed by atoms with Crippen molar-refractivity contribution in [1.82, 2.24) is 0 Å². The first-order valence-corrected chi connectivity index (χ1v) is 8.31. The molecule has 3 aromatic rings. The zero-order valence-corrected chi connectivity index (χ0v) is 13.5. The fourth-order valence-electron chi connectivity index (χ4n) is 4.44. The average Bonchev–Trinajstić information content (AvgIpc) is 2.62. The van der Waals surface area contributed by atoms with Crippen LogP contribution in [-0.4, -0.2) is 38.1 Å². The van der Waals surface area contributed by atoms with Gasteiger partial charge in [-0.3, -0.25) is 9.59 Å². The zero-order valence-electron chi connectivity index (χ0n) is 13.5. The molecule has 0 saturated carbocycles. The van der Waals surface area contributed by atoms with E-state index in [9.17, 15) is 30.0 Å². The minimum absolute atomic E-state index is 0.0139. The first-order valence-electron chi connectivity index (χ1n) is 8.31. The summed E-state index contributed by atoms with van der Waals surface area (Å²) in [7, 11) is 0. The van der Waals surface area contributed by atoms with Gasteiger partial charge in [0.25, 0.3) is 0 Å². The standard InChI is InChI=1S/C20H14O6/c21-10-4-1-7-8-2-5-12(23)17-14(8)15(18(24)20(26)19(17)25)9-3-6-11(22)16(10)13(7)9/h1-2,4-5,18,20-21,23-24,26H,3,6H2/t18-,20-/m0/s1. The van der Waals surface area contributed by atoms with E-state index in [0.717, 1.165) is 0 Å². The third kappa shape index (κ3) is 1.63. The van der Waals surface area contributed by atoms with Gasteiger partial charge in [0.05, 0.1) is 11.1 Å². The number of carbonyl (C=O) groups excluding carboxylic acids is 2. The van der Waals surface area contributed by atoms with E-state index in [0.29, 0.717) is 39.1 Å². The summed E-state index contributed by atoms with van der Waals surface area (Å²) in [5, 5.41) is 43.5. The van der Waals surface area contributed by atoms with Gasteiger partial charge in [0.2, 0.25) is 0 Å². The molecule has 26 heavy (non-hydrogen) atoms. The molecule has 3 aromatic carbocycles. The maximum Gasteiger partial charge on any atom is 0.198 e. The van der Waals surface area contributed by atoms with Crippen molar-refractivity contribution in [3.63, 3.8) is 0 Å². The van der Waals surface area contributed by atoms with Crippen molar-refractivity contribution < 1.29 is 30.0 Å². The first kappa shape index (κ1) is 15.3. The average molecular weight is 350 g/mol. The smallest absolute Gasteiger partial charge is 0.198 e. The Bertz CT molecular complexity index is 1180. The van der Waals surface area contributed by atoms with Crippen molar-refractivity contribution in [1.29, 1.82) is 0 Å². The zero-order chi connectivity index (χ0) is 18.3. The maximum absolute atomic E-state index is 12.5. The summed E-state index contributed by atoms with van der Waals surface area (Å²) in [6.45, 7) is 0. The quantitative estimate of drug-likeness (QED) is 0.462. The van der Waals surface area contributed by atoms with E-state index in [1.54, 1.807) is 12.1 Å². The summed E-state index contributed by atoms with van der Waals surface area (Å²) in [6.07, 6.45) is -2.67. The molecule has 0 saturated heterocycles. The Morgan fingerprint density at radius 3 is 2.08 bits per heavy atom. The number of aliphatic hydroxyl groups excluding tert-OH is 2. The van der Waals surface area contributed by atoms with E-state index in [1.807, 2.05) is 0 Å². The van der Waals surface area contributed by atoms with Crippen molar-refractivity contribution in [2.75, 3.05) is 0 Å². The lowest BCUT2D eigenvalue weighted by atomic mass is 9.75. The van der Waals surface area contributed by atoms with Gasteiger partial charge in [-0.1, -0.05) is 12.1 Å². The maximum atomic E-state index is 12.5. The van der Waals surface area contributed by atoms with Crippen molar-refractivity contribution >= 4 is 33.1 Å². The van der Waals surface area contributed by atoms with Gasteiger partial charge in [0.1, 0.15) is 23.7 Å². The van der Waals surface area contributed by atoms with Crippen LogP contribution in [0.4, 0.5) is 0 Å². The summed E-state index contributed by atoms with van der Waals surface area (Å²) >= 11 is 0. The number of aliphatic hydroxyl groups is 2. The number of benzene rings is 3. The highest BCUT2D eigenvalue weighted by Crippen LogP contribution is 2.48. The minimum Gasteiger partial charge on any atom is -0.507 e. The number of fused-ring (bicyclic) bond motifs is 2. The van der Waals surface area contributed by atoms with Crippen LogP contribution in [0.1, 0.15) is 44.4 Å². The molecule has 0 fully saturated rings. The van der Waals surface area contributed by atoms with Crippen LogP contribution < -0.4 is 0 Å². The summed E-state index contributed by atoms with van der Waals surface area (Å²) in [6, 6.07) is 6.09. The number of rotatable bonds is 0. The van der Waals surface area contributed by atoms with Gasteiger partial charge in [-0.05, 0) is 40.5 Å². The molecule has 2 aliphatic carbocycles. The van der Waals surface area contributed by atoms with Crippen LogP contribution in [0.3, 0.4) is 0 Å². The molecular weight excluding hydrogens is 336 g/mol. The second kappa shape index (κ2) is 4.81. The Kier molecular flexibility index (Phi) is 2.83. The van der Waals surface area contributed by atoms with Gasteiger partial charge in [0, 0.05) is 17.2 Å². The van der Waals surface area contributed by atoms with Crippen LogP contribution in [0.15, 0.2) is 24.3 Å². The number of ketones is 2. The largest absolute Gasteiger partial charge is 0.507 e. The monoisotopic (exact) mass is 350 g/mol. The van der Waals surface area contributed by atoms with Gasteiger partial charge >= 0.3 is 0 Å². The number of aryl methyl sites for hydroxylation is 1. The number of phenols is 2. The second-order valence-corrected chi connectivity index (χ2v) is 6.83. The molecule has 2 atom stereocenters. The fraction of sp³-hybridized carbons (Fsp3) is 0.200. The SMILES string of the molecule is O=C1CCc2c3c4c(c(O)ccc4c4ccc(O)c1c24)C(=O)[C@@H](O)[C@H]3O. The Hall–Kier alpha value is -2.96. The Balaban J connectivity index is 2.13. The van der Waals surface area contributed by atoms with Gasteiger partial charge in [-0.2, -0.15) is 0 Å². The predicted molar refractivity (Wildman–Crippen MR) is 92.7 cm³/mol. The van der Waals surface area contributed by atoms with Crippen LogP contribution in [-0.2, 0) is 6.42 Å². The number of Topliss-reactive ketones (excluding diaryl/α,β-unsaturated/α-hetero) is 2. The van der Waals surface area contributed by atoms with Crippen LogP contribution in [0, 0.1) is 0 Å². The van der Waals surface area contributed by atoms with Crippen molar-refractivity contribution in [2.24, 2.45) is 0 Å². The van der Waals surface area contributed by atoms with E-state index in [2.05, 4.69) is 0 Å². The molecule has 2 aliphatic rings. The summed E-state index contributed by atoms with van der Waals surface area (Å²) in [4.78, 5) is 24.9. The van der Waals surface area contributed by atoms with Gasteiger partial charge in [-0.25, -0.2) is 0 Å². The summed E-state index contributed by atoms with van der Waals surface area (Å²) < 4.78 is 0. The van der Waals surface area contributed by atoms with E-state index >= 15 is 0 Å². The molecule has 0 unspecified atom stereocenters. The van der Waals surface area contributed by atoms with Crippen LogP contribution in [0.2, 0.25) is 0 Å². The lowest BCUT2D eigenvalue weighted by Crippen LogP contribution is -2.33. The molecule has 0 heterocycles. The Morgan fingerprint density at radius 1 is 0.769 bits per heavy atom. The molecule has 0 aromatic heterocycles. The molecule has 0 bridgehead atoms. The molecule has 130 valence electrons. The van der Waals surface area contributed by atoms with Crippen molar-refractivity contribution in [2.45, 2.75) is 25.0 Å². The number of phenolic OH excluding ortho intramolecular Hbond substituents is 2. The van der Waals surface area contributed by atoms with Crippen molar-refractivity contribution in [3.05, 3.63) is 46.5 Å². The summed E-state index contributed by atoms with van der Waals surface area (Å²) in [5.74, 6) is -1.30. The molecule has 0 amide bonds. The highest BCUT2D eigenvalue weighted by atomic mass is 16.3. The fourth-order valence-corrected chi connectivity index (χ4v) is 4.44. The Labute approximate surface area is 146 Å². The number of aromatic hydroxyl groups is 2. The lowest BCUT2D eigenvalue weighted by molar-refractivity contribution is 0.0187. The highest BCUT2D eigenvalue weighted by Gasteiger charge is 2.40. The summed E-state index contributed by atoms with van der Waals surface area (Å²) in [5.41, 5.74) is 1.17. The van der Waals surface area contributed by atoms with Crippen LogP contribution in [0.25, 0.3) is 21.5 Å². The molecule has 6 nitrogen and oxygen atoms in total. The third-order valence-corrected chi connectivity index (χ3v) is 5.54. The predicted octanol–water partition coefficient (Wildman–Crippen LogP) is 2.12. The van der Waals surface area contributed by atoms with E-state index < -0.39 is 18.0 Å². The highest BCUT2D eigenvalue weighted by molar-refractivity contribution is 6.26. The van der Waals surface area contributed by atoms with E-state index in [4.69, 9.17) is 0 Å². The number of hydrogen-bond acceptors (Lipinski definition) is 6. The molecule has 5 rings (SSSR count). The first-order chi connectivity index (χ1) is 12.4. The molecule has 6 heteroatoms. The third-order valence-electron chi connectivity index (χ3n) is 5.54. The molecular formula is C20H14O6. The number of hydrogen-bond donors (Lipinski definition) is 4. The van der Waals surface area contributed by atoms with Crippen LogP contribution >= 0.6 is 0 Å². The molecule has 0 radical (unpaired) electrons. The van der Waals surface area contributed by atoms with Crippen LogP contribution in [0.5, 0.6) is 11.5 Å². The van der Waals surface area contributed by atoms with E-state index in [1.165, 1.54) is 12.1 Å².